The van der Waals surface area contributed by atoms with Crippen molar-refractivity contribution in [2.45, 2.75) is 26.9 Å². The number of benzene rings is 1. The molecule has 0 N–H and O–H groups in total. The molecule has 1 fully saturated rings. The van der Waals surface area contributed by atoms with Crippen LogP contribution >= 0.6 is 23.4 Å². The van der Waals surface area contributed by atoms with Gasteiger partial charge in [-0.05, 0) is 67.1 Å². The molecular weight excluding hydrogens is 408 g/mol. The summed E-state index contributed by atoms with van der Waals surface area (Å²) >= 11 is 7.14. The van der Waals surface area contributed by atoms with Crippen molar-refractivity contribution in [1.29, 1.82) is 0 Å². The van der Waals surface area contributed by atoms with Gasteiger partial charge in [0, 0.05) is 16.4 Å². The highest BCUT2D eigenvalue weighted by atomic mass is 35.5. The molecule has 5 nitrogen and oxygen atoms in total. The molecule has 4 rings (SSSR count). The van der Waals surface area contributed by atoms with E-state index >= 15 is 0 Å². The molecule has 1 aliphatic rings. The Labute approximate surface area is 177 Å². The Hall–Kier alpha value is -2.70. The molecule has 148 valence electrons. The second kappa shape index (κ2) is 7.97. The first-order valence-electron chi connectivity index (χ1n) is 9.12. The third kappa shape index (κ3) is 3.91. The van der Waals surface area contributed by atoms with E-state index in [1.54, 1.807) is 18.4 Å². The zero-order valence-electron chi connectivity index (χ0n) is 16.0. The third-order valence-corrected chi connectivity index (χ3v) is 6.23. The van der Waals surface area contributed by atoms with Gasteiger partial charge in [0.15, 0.2) is 0 Å². The lowest BCUT2D eigenvalue weighted by Crippen LogP contribution is -2.27. The number of rotatable bonds is 5. The van der Waals surface area contributed by atoms with E-state index < -0.39 is 0 Å². The van der Waals surface area contributed by atoms with Gasteiger partial charge in [0.1, 0.15) is 5.76 Å². The van der Waals surface area contributed by atoms with Gasteiger partial charge in [0.05, 0.1) is 24.3 Å². The van der Waals surface area contributed by atoms with E-state index in [1.807, 2.05) is 50.2 Å². The highest BCUT2D eigenvalue weighted by molar-refractivity contribution is 8.18. The molecule has 0 aliphatic carbocycles. The van der Waals surface area contributed by atoms with Crippen LogP contribution in [0.4, 0.5) is 4.79 Å². The van der Waals surface area contributed by atoms with E-state index in [0.717, 1.165) is 40.0 Å². The first-order valence-corrected chi connectivity index (χ1v) is 10.3. The van der Waals surface area contributed by atoms with Gasteiger partial charge in [-0.3, -0.25) is 14.5 Å². The van der Waals surface area contributed by atoms with Crippen molar-refractivity contribution in [3.05, 3.63) is 86.9 Å². The lowest BCUT2D eigenvalue weighted by atomic mass is 10.2. The molecule has 1 aliphatic heterocycles. The molecule has 0 saturated carbocycles. The van der Waals surface area contributed by atoms with Gasteiger partial charge >= 0.3 is 0 Å². The summed E-state index contributed by atoms with van der Waals surface area (Å²) in [5, 5.41) is 0.252. The summed E-state index contributed by atoms with van der Waals surface area (Å²) in [6.45, 7) is 4.79. The van der Waals surface area contributed by atoms with Crippen molar-refractivity contribution in [2.75, 3.05) is 0 Å². The molecule has 0 radical (unpaired) electrons. The minimum atomic E-state index is -0.296. The van der Waals surface area contributed by atoms with Crippen LogP contribution in [0.25, 0.3) is 6.08 Å². The van der Waals surface area contributed by atoms with Crippen molar-refractivity contribution in [3.8, 4) is 0 Å². The standard InChI is InChI=1S/C22H19ClN2O3S/c1-14-10-17(15(2)24(14)13-18-7-5-9-28-18)11-20-21(26)25(22(27)29-20)12-16-6-3-4-8-19(16)23/h3-11H,12-13H2,1-2H3/b20-11-. The van der Waals surface area contributed by atoms with Crippen LogP contribution in [0.15, 0.2) is 58.1 Å². The SMILES string of the molecule is Cc1cc(/C=C2\SC(=O)N(Cc3ccccc3Cl)C2=O)c(C)n1Cc1ccco1. The molecule has 0 spiro atoms. The van der Waals surface area contributed by atoms with E-state index in [9.17, 15) is 9.59 Å². The Balaban J connectivity index is 1.58. The van der Waals surface area contributed by atoms with Crippen molar-refractivity contribution >= 4 is 40.6 Å². The molecule has 3 aromatic rings. The second-order valence-corrected chi connectivity index (χ2v) is 8.25. The van der Waals surface area contributed by atoms with Gasteiger partial charge < -0.3 is 8.98 Å². The highest BCUT2D eigenvalue weighted by Crippen LogP contribution is 2.35. The number of furan rings is 1. The van der Waals surface area contributed by atoms with E-state index in [1.165, 1.54) is 4.90 Å². The smallest absolute Gasteiger partial charge is 0.293 e. The van der Waals surface area contributed by atoms with Crippen LogP contribution in [0.2, 0.25) is 5.02 Å². The van der Waals surface area contributed by atoms with Gasteiger partial charge in [-0.1, -0.05) is 29.8 Å². The predicted octanol–water partition coefficient (Wildman–Crippen LogP) is 5.64. The maximum atomic E-state index is 12.8. The average Bonchev–Trinajstić information content (AvgIpc) is 3.36. The number of nitrogens with zero attached hydrogens (tertiary/aromatic N) is 2. The summed E-state index contributed by atoms with van der Waals surface area (Å²) < 4.78 is 7.57. The molecule has 7 heteroatoms. The van der Waals surface area contributed by atoms with Crippen LogP contribution in [0, 0.1) is 13.8 Å². The molecule has 1 aromatic carbocycles. The summed E-state index contributed by atoms with van der Waals surface area (Å²) in [5.41, 5.74) is 3.73. The zero-order chi connectivity index (χ0) is 20.5. The quantitative estimate of drug-likeness (QED) is 0.495. The molecule has 2 amide bonds. The molecule has 29 heavy (non-hydrogen) atoms. The number of hydrogen-bond acceptors (Lipinski definition) is 4. The average molecular weight is 427 g/mol. The van der Waals surface area contributed by atoms with E-state index in [0.29, 0.717) is 16.5 Å². The number of imide groups is 1. The number of halogens is 1. The Bertz CT molecular complexity index is 1120. The Morgan fingerprint density at radius 3 is 2.62 bits per heavy atom. The van der Waals surface area contributed by atoms with Gasteiger partial charge in [-0.2, -0.15) is 0 Å². The molecule has 0 atom stereocenters. The third-order valence-electron chi connectivity index (χ3n) is 4.95. The molecule has 0 unspecified atom stereocenters. The van der Waals surface area contributed by atoms with Gasteiger partial charge in [0.25, 0.3) is 11.1 Å². The van der Waals surface area contributed by atoms with E-state index in [-0.39, 0.29) is 17.7 Å². The van der Waals surface area contributed by atoms with Crippen LogP contribution < -0.4 is 0 Å². The van der Waals surface area contributed by atoms with Crippen molar-refractivity contribution < 1.29 is 14.0 Å². The summed E-state index contributed by atoms with van der Waals surface area (Å²) in [6, 6.07) is 13.0. The van der Waals surface area contributed by atoms with Crippen LogP contribution in [0.5, 0.6) is 0 Å². The summed E-state index contributed by atoms with van der Waals surface area (Å²) in [6.07, 6.45) is 3.44. The maximum absolute atomic E-state index is 12.8. The first-order chi connectivity index (χ1) is 13.9. The fourth-order valence-electron chi connectivity index (χ4n) is 3.35. The summed E-state index contributed by atoms with van der Waals surface area (Å²) in [5.74, 6) is 0.564. The molecule has 1 saturated heterocycles. The fraction of sp³-hybridized carbons (Fsp3) is 0.182. The minimum Gasteiger partial charge on any atom is -0.467 e. The van der Waals surface area contributed by atoms with Crippen LogP contribution in [0.1, 0.15) is 28.3 Å². The number of carbonyl (C=O) groups is 2. The number of aromatic nitrogens is 1. The molecule has 2 aromatic heterocycles. The maximum Gasteiger partial charge on any atom is 0.293 e. The van der Waals surface area contributed by atoms with Gasteiger partial charge in [-0.25, -0.2) is 0 Å². The number of aryl methyl sites for hydroxylation is 1. The van der Waals surface area contributed by atoms with Crippen molar-refractivity contribution in [2.24, 2.45) is 0 Å². The van der Waals surface area contributed by atoms with Gasteiger partial charge in [0.2, 0.25) is 0 Å². The predicted molar refractivity (Wildman–Crippen MR) is 115 cm³/mol. The number of thioether (sulfide) groups is 1. The zero-order valence-corrected chi connectivity index (χ0v) is 17.6. The van der Waals surface area contributed by atoms with E-state index in [4.69, 9.17) is 16.0 Å². The molecule has 0 bridgehead atoms. The molecular formula is C22H19ClN2O3S. The summed E-state index contributed by atoms with van der Waals surface area (Å²) in [4.78, 5) is 26.9. The molecule has 3 heterocycles. The van der Waals surface area contributed by atoms with E-state index in [2.05, 4.69) is 4.57 Å². The lowest BCUT2D eigenvalue weighted by molar-refractivity contribution is -0.123. The lowest BCUT2D eigenvalue weighted by Gasteiger charge is -2.13. The van der Waals surface area contributed by atoms with Crippen LogP contribution in [0.3, 0.4) is 0 Å². The van der Waals surface area contributed by atoms with Crippen LogP contribution in [-0.4, -0.2) is 20.6 Å². The van der Waals surface area contributed by atoms with Crippen LogP contribution in [-0.2, 0) is 17.9 Å². The van der Waals surface area contributed by atoms with Gasteiger partial charge in [-0.15, -0.1) is 0 Å². The Morgan fingerprint density at radius 2 is 1.90 bits per heavy atom. The monoisotopic (exact) mass is 426 g/mol. The summed E-state index contributed by atoms with van der Waals surface area (Å²) in [7, 11) is 0. The van der Waals surface area contributed by atoms with Crippen molar-refractivity contribution in [1.82, 2.24) is 9.47 Å². The largest absolute Gasteiger partial charge is 0.467 e. The Kier molecular flexibility index (Phi) is 5.39. The minimum absolute atomic E-state index is 0.166. The first kappa shape index (κ1) is 19.6. The topological polar surface area (TPSA) is 55.5 Å². The fourth-order valence-corrected chi connectivity index (χ4v) is 4.37. The number of carbonyl (C=O) groups excluding carboxylic acids is 2. The number of hydrogen-bond donors (Lipinski definition) is 0. The highest BCUT2D eigenvalue weighted by Gasteiger charge is 2.35. The number of amides is 2. The normalized spacial score (nSPS) is 15.7. The van der Waals surface area contributed by atoms with Crippen molar-refractivity contribution in [3.63, 3.8) is 0 Å². The second-order valence-electron chi connectivity index (χ2n) is 6.85. The Morgan fingerprint density at radius 1 is 1.10 bits per heavy atom.